The molecule has 0 atom stereocenters. The summed E-state index contributed by atoms with van der Waals surface area (Å²) in [5, 5.41) is 11.5. The Kier molecular flexibility index (Phi) is 6.20. The number of aromatic nitrogens is 2. The van der Waals surface area contributed by atoms with Gasteiger partial charge in [-0.1, -0.05) is 60.7 Å². The van der Waals surface area contributed by atoms with Gasteiger partial charge in [0.25, 0.3) is 0 Å². The Morgan fingerprint density at radius 2 is 1.43 bits per heavy atom. The van der Waals surface area contributed by atoms with Crippen LogP contribution in [0.15, 0.2) is 90.1 Å². The maximum Gasteiger partial charge on any atom is 0.156 e. The van der Waals surface area contributed by atoms with Gasteiger partial charge in [0, 0.05) is 43.1 Å². The molecule has 0 saturated carbocycles. The quantitative estimate of drug-likeness (QED) is 0.507. The van der Waals surface area contributed by atoms with Crippen LogP contribution in [0.3, 0.4) is 0 Å². The molecule has 1 aliphatic heterocycles. The highest BCUT2D eigenvalue weighted by Crippen LogP contribution is 2.28. The summed E-state index contributed by atoms with van der Waals surface area (Å²) < 4.78 is 1.92. The molecule has 3 heterocycles. The first-order valence-corrected chi connectivity index (χ1v) is 10.3. The van der Waals surface area contributed by atoms with E-state index in [2.05, 4.69) is 70.7 Å². The molecule has 1 aliphatic rings. The highest BCUT2D eigenvalue weighted by atomic mass is 16.2. The summed E-state index contributed by atoms with van der Waals surface area (Å²) in [4.78, 5) is 7.56. The molecule has 1 saturated heterocycles. The van der Waals surface area contributed by atoms with E-state index in [9.17, 15) is 0 Å². The van der Waals surface area contributed by atoms with Gasteiger partial charge in [0.05, 0.1) is 17.4 Å². The standard InChI is InChI=1S/C24H22N4.CH4O/c1-3-9-19(10-4-1)24(20-11-5-2-6-12-20)26-23-18-22(27-15-7-8-16-27)17-21-13-14-25-28(21)23;1-2/h1-6,9-14,17-18H,7-8,15-16H2;2H,1H3. The largest absolute Gasteiger partial charge is 0.400 e. The number of hydrogen-bond acceptors (Lipinski definition) is 4. The molecule has 2 aromatic heterocycles. The van der Waals surface area contributed by atoms with Crippen LogP contribution in [-0.4, -0.2) is 40.6 Å². The summed E-state index contributed by atoms with van der Waals surface area (Å²) in [6.45, 7) is 2.22. The van der Waals surface area contributed by atoms with E-state index < -0.39 is 0 Å². The molecule has 0 amide bonds. The zero-order chi connectivity index (χ0) is 20.8. The Balaban J connectivity index is 0.00000106. The number of rotatable bonds is 4. The number of fused-ring (bicyclic) bond motifs is 1. The Morgan fingerprint density at radius 1 is 0.833 bits per heavy atom. The van der Waals surface area contributed by atoms with Crippen LogP contribution in [0.5, 0.6) is 0 Å². The van der Waals surface area contributed by atoms with E-state index in [1.165, 1.54) is 18.5 Å². The van der Waals surface area contributed by atoms with Gasteiger partial charge in [0.2, 0.25) is 0 Å². The summed E-state index contributed by atoms with van der Waals surface area (Å²) in [5.41, 5.74) is 5.45. The molecule has 5 rings (SSSR count). The lowest BCUT2D eigenvalue weighted by Gasteiger charge is -2.18. The van der Waals surface area contributed by atoms with Crippen LogP contribution in [0.2, 0.25) is 0 Å². The number of pyridine rings is 1. The SMILES string of the molecule is CO.c1ccc(C(=Nc2cc(N3CCCC3)cc3ccnn23)c2ccccc2)cc1. The first kappa shape index (κ1) is 19.9. The Bertz CT molecular complexity index is 1070. The van der Waals surface area contributed by atoms with E-state index in [0.29, 0.717) is 0 Å². The summed E-state index contributed by atoms with van der Waals surface area (Å²) in [5.74, 6) is 0.854. The molecule has 5 heteroatoms. The second-order valence-electron chi connectivity index (χ2n) is 7.13. The van der Waals surface area contributed by atoms with Gasteiger partial charge < -0.3 is 10.0 Å². The second-order valence-corrected chi connectivity index (χ2v) is 7.13. The van der Waals surface area contributed by atoms with Gasteiger partial charge in [0.15, 0.2) is 5.82 Å². The molecule has 1 N–H and O–H groups in total. The molecule has 30 heavy (non-hydrogen) atoms. The van der Waals surface area contributed by atoms with Gasteiger partial charge in [-0.05, 0) is 25.0 Å². The second kappa shape index (κ2) is 9.37. The van der Waals surface area contributed by atoms with Crippen molar-refractivity contribution < 1.29 is 5.11 Å². The molecule has 2 aromatic carbocycles. The average Bonchev–Trinajstić information content (AvgIpc) is 3.52. The fourth-order valence-corrected chi connectivity index (χ4v) is 3.84. The van der Waals surface area contributed by atoms with Crippen LogP contribution < -0.4 is 4.90 Å². The maximum absolute atomic E-state index is 7.00. The molecule has 0 spiro atoms. The Hall–Kier alpha value is -3.44. The highest BCUT2D eigenvalue weighted by molar-refractivity contribution is 6.13. The van der Waals surface area contributed by atoms with Gasteiger partial charge >= 0.3 is 0 Å². The normalized spacial score (nSPS) is 13.1. The minimum absolute atomic E-state index is 0.854. The molecule has 0 bridgehead atoms. The summed E-state index contributed by atoms with van der Waals surface area (Å²) >= 11 is 0. The lowest BCUT2D eigenvalue weighted by Crippen LogP contribution is -2.17. The lowest BCUT2D eigenvalue weighted by molar-refractivity contribution is 0.399. The lowest BCUT2D eigenvalue weighted by atomic mass is 10.0. The molecule has 5 nitrogen and oxygen atoms in total. The van der Waals surface area contributed by atoms with Crippen molar-refractivity contribution in [1.29, 1.82) is 0 Å². The fraction of sp³-hybridized carbons (Fsp3) is 0.200. The number of hydrogen-bond donors (Lipinski definition) is 1. The van der Waals surface area contributed by atoms with E-state index in [1.807, 2.05) is 28.9 Å². The number of aliphatic imine (C=N–C) groups is 1. The zero-order valence-corrected chi connectivity index (χ0v) is 17.1. The molecule has 0 radical (unpaired) electrons. The summed E-state index contributed by atoms with van der Waals surface area (Å²) in [6.07, 6.45) is 4.34. The van der Waals surface area contributed by atoms with Crippen LogP contribution in [0, 0.1) is 0 Å². The summed E-state index contributed by atoms with van der Waals surface area (Å²) in [6, 6.07) is 27.1. The molecule has 4 aromatic rings. The van der Waals surface area contributed by atoms with Crippen LogP contribution in [0.1, 0.15) is 24.0 Å². The smallest absolute Gasteiger partial charge is 0.156 e. The highest BCUT2D eigenvalue weighted by Gasteiger charge is 2.16. The fourth-order valence-electron chi connectivity index (χ4n) is 3.84. The summed E-state index contributed by atoms with van der Waals surface area (Å²) in [7, 11) is 1.00. The Labute approximate surface area is 176 Å². The number of anilines is 1. The van der Waals surface area contributed by atoms with Crippen molar-refractivity contribution in [1.82, 2.24) is 9.61 Å². The molecule has 152 valence electrons. The van der Waals surface area contributed by atoms with Crippen molar-refractivity contribution in [3.63, 3.8) is 0 Å². The first-order valence-electron chi connectivity index (χ1n) is 10.3. The van der Waals surface area contributed by atoms with Crippen molar-refractivity contribution in [2.75, 3.05) is 25.1 Å². The van der Waals surface area contributed by atoms with E-state index in [4.69, 9.17) is 10.1 Å². The first-order chi connectivity index (χ1) is 14.9. The average molecular weight is 399 g/mol. The van der Waals surface area contributed by atoms with Gasteiger partial charge in [-0.2, -0.15) is 5.10 Å². The van der Waals surface area contributed by atoms with Gasteiger partial charge in [0.1, 0.15) is 0 Å². The van der Waals surface area contributed by atoms with Crippen molar-refractivity contribution in [3.8, 4) is 0 Å². The molecule has 1 fully saturated rings. The van der Waals surface area contributed by atoms with Gasteiger partial charge in [-0.15, -0.1) is 0 Å². The van der Waals surface area contributed by atoms with E-state index in [-0.39, 0.29) is 0 Å². The van der Waals surface area contributed by atoms with Crippen molar-refractivity contribution in [2.24, 2.45) is 4.99 Å². The van der Waals surface area contributed by atoms with E-state index in [0.717, 1.165) is 48.4 Å². The predicted octanol–water partition coefficient (Wildman–Crippen LogP) is 4.71. The van der Waals surface area contributed by atoms with Crippen LogP contribution in [0.4, 0.5) is 11.5 Å². The van der Waals surface area contributed by atoms with Crippen LogP contribution in [-0.2, 0) is 0 Å². The monoisotopic (exact) mass is 398 g/mol. The van der Waals surface area contributed by atoms with E-state index >= 15 is 0 Å². The van der Waals surface area contributed by atoms with Gasteiger partial charge in [-0.3, -0.25) is 0 Å². The number of aliphatic hydroxyl groups is 1. The van der Waals surface area contributed by atoms with E-state index in [1.54, 1.807) is 0 Å². The number of benzene rings is 2. The van der Waals surface area contributed by atoms with Crippen molar-refractivity contribution in [2.45, 2.75) is 12.8 Å². The minimum atomic E-state index is 0.854. The molecular weight excluding hydrogens is 372 g/mol. The van der Waals surface area contributed by atoms with Crippen molar-refractivity contribution in [3.05, 3.63) is 96.2 Å². The maximum atomic E-state index is 7.00. The third kappa shape index (κ3) is 4.11. The van der Waals surface area contributed by atoms with Crippen LogP contribution in [0.25, 0.3) is 5.52 Å². The molecule has 0 unspecified atom stereocenters. The minimum Gasteiger partial charge on any atom is -0.400 e. The third-order valence-electron chi connectivity index (χ3n) is 5.25. The van der Waals surface area contributed by atoms with Crippen molar-refractivity contribution >= 4 is 22.7 Å². The molecule has 0 aliphatic carbocycles. The predicted molar refractivity (Wildman–Crippen MR) is 123 cm³/mol. The number of aliphatic hydroxyl groups excluding tert-OH is 1. The third-order valence-corrected chi connectivity index (χ3v) is 5.25. The number of nitrogens with zero attached hydrogens (tertiary/aromatic N) is 4. The van der Waals surface area contributed by atoms with Crippen LogP contribution >= 0.6 is 0 Å². The topological polar surface area (TPSA) is 53.1 Å². The Morgan fingerprint density at radius 3 is 2.03 bits per heavy atom. The zero-order valence-electron chi connectivity index (χ0n) is 17.1. The van der Waals surface area contributed by atoms with Gasteiger partial charge in [-0.25, -0.2) is 9.51 Å². The molecular formula is C25H26N4O.